The third-order valence-electron chi connectivity index (χ3n) is 4.40. The van der Waals surface area contributed by atoms with Crippen molar-refractivity contribution in [3.63, 3.8) is 0 Å². The summed E-state index contributed by atoms with van der Waals surface area (Å²) in [6.45, 7) is 4.14. The molecular formula is C20H21N5OS. The van der Waals surface area contributed by atoms with E-state index in [1.54, 1.807) is 6.20 Å². The fraction of sp³-hybridized carbons (Fsp3) is 0.300. The molecule has 7 heteroatoms. The molecule has 1 aromatic carbocycles. The minimum atomic E-state index is 0.0389. The topological polar surface area (TPSA) is 72.7 Å². The Morgan fingerprint density at radius 2 is 2.07 bits per heavy atom. The summed E-state index contributed by atoms with van der Waals surface area (Å²) in [7, 11) is 0. The van der Waals surface area contributed by atoms with Gasteiger partial charge in [0.25, 0.3) is 0 Å². The van der Waals surface area contributed by atoms with Crippen LogP contribution in [0.15, 0.2) is 47.8 Å². The lowest BCUT2D eigenvalue weighted by atomic mass is 10.1. The average Bonchev–Trinajstić information content (AvgIpc) is 3.37. The normalized spacial score (nSPS) is 13.6. The lowest BCUT2D eigenvalue weighted by Gasteiger charge is -2.13. The molecule has 1 amide bonds. The largest absolute Gasteiger partial charge is 0.353 e. The summed E-state index contributed by atoms with van der Waals surface area (Å²) in [6.07, 6.45) is 3.91. The SMILES string of the molecule is Cc1ccc(-n2c(SCC(=O)NC3CC3)nnc2-c2ccccn2)c(C)c1. The number of nitrogens with zero attached hydrogens (tertiary/aromatic N) is 4. The third-order valence-corrected chi connectivity index (χ3v) is 5.32. The molecule has 1 aliphatic rings. The molecule has 3 aromatic rings. The first-order valence-electron chi connectivity index (χ1n) is 8.98. The van der Waals surface area contributed by atoms with Crippen molar-refractivity contribution in [2.45, 2.75) is 37.9 Å². The molecule has 138 valence electrons. The number of hydrogen-bond donors (Lipinski definition) is 1. The van der Waals surface area contributed by atoms with E-state index in [0.29, 0.717) is 22.8 Å². The van der Waals surface area contributed by atoms with Gasteiger partial charge >= 0.3 is 0 Å². The van der Waals surface area contributed by atoms with Crippen molar-refractivity contribution in [1.29, 1.82) is 0 Å². The maximum atomic E-state index is 12.1. The highest BCUT2D eigenvalue weighted by atomic mass is 32.2. The van der Waals surface area contributed by atoms with Gasteiger partial charge in [-0.3, -0.25) is 14.3 Å². The van der Waals surface area contributed by atoms with Gasteiger partial charge in [-0.2, -0.15) is 0 Å². The van der Waals surface area contributed by atoms with Crippen molar-refractivity contribution in [2.75, 3.05) is 5.75 Å². The Labute approximate surface area is 162 Å². The van der Waals surface area contributed by atoms with Crippen molar-refractivity contribution in [1.82, 2.24) is 25.1 Å². The van der Waals surface area contributed by atoms with Crippen molar-refractivity contribution < 1.29 is 4.79 Å². The van der Waals surface area contributed by atoms with Crippen LogP contribution in [0.5, 0.6) is 0 Å². The maximum Gasteiger partial charge on any atom is 0.230 e. The first kappa shape index (κ1) is 17.7. The average molecular weight is 379 g/mol. The van der Waals surface area contributed by atoms with Crippen LogP contribution < -0.4 is 5.32 Å². The van der Waals surface area contributed by atoms with Crippen LogP contribution in [-0.4, -0.2) is 37.5 Å². The molecule has 0 atom stereocenters. The van der Waals surface area contributed by atoms with Gasteiger partial charge in [0.15, 0.2) is 11.0 Å². The van der Waals surface area contributed by atoms with Crippen molar-refractivity contribution in [3.05, 3.63) is 53.7 Å². The Balaban J connectivity index is 1.70. The predicted molar refractivity (Wildman–Crippen MR) is 106 cm³/mol. The summed E-state index contributed by atoms with van der Waals surface area (Å²) in [4.78, 5) is 16.5. The van der Waals surface area contributed by atoms with Gasteiger partial charge in [0.1, 0.15) is 5.69 Å². The second-order valence-corrected chi connectivity index (χ2v) is 7.72. The molecule has 0 saturated heterocycles. The summed E-state index contributed by atoms with van der Waals surface area (Å²) in [5.74, 6) is 1.03. The van der Waals surface area contributed by atoms with Crippen molar-refractivity contribution in [2.24, 2.45) is 0 Å². The fourth-order valence-electron chi connectivity index (χ4n) is 2.92. The summed E-state index contributed by atoms with van der Waals surface area (Å²) in [5, 5.41) is 12.4. The van der Waals surface area contributed by atoms with E-state index >= 15 is 0 Å². The zero-order chi connectivity index (χ0) is 18.8. The molecule has 1 aliphatic carbocycles. The minimum Gasteiger partial charge on any atom is -0.353 e. The molecule has 4 rings (SSSR count). The van der Waals surface area contributed by atoms with E-state index in [-0.39, 0.29) is 5.91 Å². The Morgan fingerprint density at radius 1 is 1.22 bits per heavy atom. The highest BCUT2D eigenvalue weighted by Gasteiger charge is 2.24. The predicted octanol–water partition coefficient (Wildman–Crippen LogP) is 3.32. The Hall–Kier alpha value is -2.67. The first-order valence-corrected chi connectivity index (χ1v) is 9.97. The molecule has 0 spiro atoms. The summed E-state index contributed by atoms with van der Waals surface area (Å²) in [6, 6.07) is 12.3. The number of aryl methyl sites for hydroxylation is 2. The zero-order valence-electron chi connectivity index (χ0n) is 15.3. The van der Waals surface area contributed by atoms with E-state index in [4.69, 9.17) is 0 Å². The van der Waals surface area contributed by atoms with Crippen molar-refractivity contribution >= 4 is 17.7 Å². The lowest BCUT2D eigenvalue weighted by molar-refractivity contribution is -0.118. The van der Waals surface area contributed by atoms with Crippen LogP contribution in [0, 0.1) is 13.8 Å². The summed E-state index contributed by atoms with van der Waals surface area (Å²) in [5.41, 5.74) is 4.06. The van der Waals surface area contributed by atoms with E-state index in [0.717, 1.165) is 29.8 Å². The molecule has 6 nitrogen and oxygen atoms in total. The molecule has 1 N–H and O–H groups in total. The van der Waals surface area contributed by atoms with Crippen molar-refractivity contribution in [3.8, 4) is 17.2 Å². The van der Waals surface area contributed by atoms with E-state index in [1.807, 2.05) is 22.8 Å². The number of thioether (sulfide) groups is 1. The van der Waals surface area contributed by atoms with Gasteiger partial charge in [0.2, 0.25) is 5.91 Å². The second kappa shape index (κ2) is 7.52. The van der Waals surface area contributed by atoms with E-state index in [2.05, 4.69) is 52.5 Å². The standard InChI is InChI=1S/C20H21N5OS/c1-13-6-9-17(14(2)11-13)25-19(16-5-3-4-10-21-16)23-24-20(25)27-12-18(26)22-15-7-8-15/h3-6,9-11,15H,7-8,12H2,1-2H3,(H,22,26). The van der Waals surface area contributed by atoms with E-state index < -0.39 is 0 Å². The molecule has 0 radical (unpaired) electrons. The molecule has 0 unspecified atom stereocenters. The number of benzene rings is 1. The third kappa shape index (κ3) is 4.03. The molecule has 2 aromatic heterocycles. The van der Waals surface area contributed by atoms with Crippen LogP contribution in [0.1, 0.15) is 24.0 Å². The van der Waals surface area contributed by atoms with Gasteiger partial charge in [-0.15, -0.1) is 10.2 Å². The number of nitrogens with one attached hydrogen (secondary N) is 1. The highest BCUT2D eigenvalue weighted by molar-refractivity contribution is 7.99. The molecule has 1 fully saturated rings. The minimum absolute atomic E-state index is 0.0389. The Bertz CT molecular complexity index is 966. The van der Waals surface area contributed by atoms with Crippen LogP contribution in [0.25, 0.3) is 17.2 Å². The summed E-state index contributed by atoms with van der Waals surface area (Å²) < 4.78 is 1.99. The zero-order valence-corrected chi connectivity index (χ0v) is 16.2. The molecule has 1 saturated carbocycles. The van der Waals surface area contributed by atoms with Gasteiger partial charge in [-0.1, -0.05) is 35.5 Å². The molecule has 0 bridgehead atoms. The number of rotatable bonds is 6. The van der Waals surface area contributed by atoms with Gasteiger partial charge in [0.05, 0.1) is 11.4 Å². The molecule has 2 heterocycles. The smallest absolute Gasteiger partial charge is 0.230 e. The second-order valence-electron chi connectivity index (χ2n) is 6.78. The molecular weight excluding hydrogens is 358 g/mol. The number of carbonyl (C=O) groups excluding carboxylic acids is 1. The van der Waals surface area contributed by atoms with Crippen LogP contribution in [-0.2, 0) is 4.79 Å². The first-order chi connectivity index (χ1) is 13.1. The number of amides is 1. The quantitative estimate of drug-likeness (QED) is 0.665. The van der Waals surface area contributed by atoms with E-state index in [1.165, 1.54) is 17.3 Å². The fourth-order valence-corrected chi connectivity index (χ4v) is 3.68. The highest BCUT2D eigenvalue weighted by Crippen LogP contribution is 2.29. The van der Waals surface area contributed by atoms with Crippen LogP contribution in [0.4, 0.5) is 0 Å². The number of carbonyl (C=O) groups is 1. The number of hydrogen-bond acceptors (Lipinski definition) is 5. The van der Waals surface area contributed by atoms with Crippen LogP contribution in [0.3, 0.4) is 0 Å². The maximum absolute atomic E-state index is 12.1. The number of pyridine rings is 1. The van der Waals surface area contributed by atoms with Crippen LogP contribution in [0.2, 0.25) is 0 Å². The lowest BCUT2D eigenvalue weighted by Crippen LogP contribution is -2.27. The summed E-state index contributed by atoms with van der Waals surface area (Å²) >= 11 is 1.40. The van der Waals surface area contributed by atoms with Crippen LogP contribution >= 0.6 is 11.8 Å². The molecule has 27 heavy (non-hydrogen) atoms. The van der Waals surface area contributed by atoms with Gasteiger partial charge in [-0.25, -0.2) is 0 Å². The Kier molecular flexibility index (Phi) is 4.94. The van der Waals surface area contributed by atoms with Gasteiger partial charge < -0.3 is 5.32 Å². The van der Waals surface area contributed by atoms with Gasteiger partial charge in [0, 0.05) is 12.2 Å². The van der Waals surface area contributed by atoms with Gasteiger partial charge in [-0.05, 0) is 50.5 Å². The van der Waals surface area contributed by atoms with E-state index in [9.17, 15) is 4.79 Å². The number of aromatic nitrogens is 4. The monoisotopic (exact) mass is 379 g/mol. The molecule has 0 aliphatic heterocycles. The Morgan fingerprint density at radius 3 is 2.78 bits per heavy atom.